The number of nitrogens with one attached hydrogen (secondary N) is 2. The Hall–Kier alpha value is -3.02. The normalized spacial score (nSPS) is 11.5. The summed E-state index contributed by atoms with van der Waals surface area (Å²) in [4.78, 5) is 23.0. The summed E-state index contributed by atoms with van der Waals surface area (Å²) >= 11 is 0. The number of carbonyl (C=O) groups is 2. The third-order valence-electron chi connectivity index (χ3n) is 3.98. The average molecular weight is 356 g/mol. The maximum absolute atomic E-state index is 12.1. The summed E-state index contributed by atoms with van der Waals surface area (Å²) in [6, 6.07) is 16.0. The van der Waals surface area contributed by atoms with Gasteiger partial charge >= 0.3 is 12.0 Å². The molecule has 2 amide bonds. The molecule has 6 nitrogen and oxygen atoms in total. The Morgan fingerprint density at radius 1 is 1.00 bits per heavy atom. The van der Waals surface area contributed by atoms with Crippen molar-refractivity contribution in [3.05, 3.63) is 65.7 Å². The Balaban J connectivity index is 1.83. The van der Waals surface area contributed by atoms with E-state index in [0.29, 0.717) is 25.8 Å². The van der Waals surface area contributed by atoms with Crippen LogP contribution in [0, 0.1) is 0 Å². The molecule has 0 aliphatic heterocycles. The molecule has 0 fully saturated rings. The predicted molar refractivity (Wildman–Crippen MR) is 99.1 cm³/mol. The van der Waals surface area contributed by atoms with Crippen LogP contribution in [-0.2, 0) is 17.6 Å². The van der Waals surface area contributed by atoms with Crippen molar-refractivity contribution >= 4 is 12.0 Å². The number of carboxylic acid groups (broad SMARTS) is 1. The summed E-state index contributed by atoms with van der Waals surface area (Å²) in [5.41, 5.74) is 1.97. The van der Waals surface area contributed by atoms with E-state index in [0.717, 1.165) is 11.1 Å². The van der Waals surface area contributed by atoms with E-state index in [-0.39, 0.29) is 24.2 Å². The first-order valence-electron chi connectivity index (χ1n) is 8.61. The average Bonchev–Trinajstić information content (AvgIpc) is 2.60. The zero-order valence-corrected chi connectivity index (χ0v) is 14.5. The van der Waals surface area contributed by atoms with Crippen molar-refractivity contribution in [2.75, 3.05) is 6.54 Å². The van der Waals surface area contributed by atoms with Crippen molar-refractivity contribution < 1.29 is 19.8 Å². The number of rotatable bonds is 9. The van der Waals surface area contributed by atoms with Gasteiger partial charge in [-0.25, -0.2) is 4.79 Å². The summed E-state index contributed by atoms with van der Waals surface area (Å²) in [6.45, 7) is 0.423. The van der Waals surface area contributed by atoms with Crippen LogP contribution in [0.1, 0.15) is 24.0 Å². The lowest BCUT2D eigenvalue weighted by molar-refractivity contribution is -0.137. The van der Waals surface area contributed by atoms with Gasteiger partial charge in [-0.15, -0.1) is 0 Å². The molecule has 0 heterocycles. The van der Waals surface area contributed by atoms with E-state index in [2.05, 4.69) is 10.6 Å². The fraction of sp³-hybridized carbons (Fsp3) is 0.300. The number of aromatic hydroxyl groups is 1. The number of phenolic OH excluding ortho intramolecular Hbond substituents is 1. The first kappa shape index (κ1) is 19.3. The monoisotopic (exact) mass is 356 g/mol. The minimum Gasteiger partial charge on any atom is -0.508 e. The number of benzene rings is 2. The van der Waals surface area contributed by atoms with Crippen molar-refractivity contribution in [1.29, 1.82) is 0 Å². The highest BCUT2D eigenvalue weighted by atomic mass is 16.4. The molecule has 0 bridgehead atoms. The molecule has 0 aromatic heterocycles. The third kappa shape index (κ3) is 7.25. The van der Waals surface area contributed by atoms with E-state index < -0.39 is 5.97 Å². The third-order valence-corrected chi connectivity index (χ3v) is 3.98. The van der Waals surface area contributed by atoms with Crippen molar-refractivity contribution in [2.24, 2.45) is 0 Å². The fourth-order valence-corrected chi connectivity index (χ4v) is 2.69. The quantitative estimate of drug-likeness (QED) is 0.555. The molecular formula is C20H24N2O4. The summed E-state index contributed by atoms with van der Waals surface area (Å²) in [7, 11) is 0. The molecule has 0 spiro atoms. The lowest BCUT2D eigenvalue weighted by atomic mass is 10.0. The molecule has 2 aromatic rings. The van der Waals surface area contributed by atoms with E-state index in [1.165, 1.54) is 0 Å². The molecule has 2 rings (SSSR count). The zero-order chi connectivity index (χ0) is 18.8. The van der Waals surface area contributed by atoms with Gasteiger partial charge in [-0.3, -0.25) is 4.79 Å². The van der Waals surface area contributed by atoms with Gasteiger partial charge in [0.1, 0.15) is 5.75 Å². The second-order valence-corrected chi connectivity index (χ2v) is 6.14. The minimum absolute atomic E-state index is 0.00106. The number of carboxylic acids is 1. The van der Waals surface area contributed by atoms with Crippen LogP contribution in [0.5, 0.6) is 5.75 Å². The van der Waals surface area contributed by atoms with Crippen LogP contribution >= 0.6 is 0 Å². The van der Waals surface area contributed by atoms with Crippen molar-refractivity contribution in [3.63, 3.8) is 0 Å². The zero-order valence-electron chi connectivity index (χ0n) is 14.5. The lowest BCUT2D eigenvalue weighted by Crippen LogP contribution is -2.44. The van der Waals surface area contributed by atoms with Crippen LogP contribution < -0.4 is 10.6 Å². The van der Waals surface area contributed by atoms with Crippen LogP contribution in [0.4, 0.5) is 4.79 Å². The van der Waals surface area contributed by atoms with E-state index in [1.807, 2.05) is 36.4 Å². The Morgan fingerprint density at radius 2 is 1.73 bits per heavy atom. The number of aliphatic carboxylic acids is 1. The Morgan fingerprint density at radius 3 is 2.42 bits per heavy atom. The fourth-order valence-electron chi connectivity index (χ4n) is 2.69. The SMILES string of the molecule is O=C(O)CCC(Cc1ccccc1)NC(=O)NCCc1cccc(O)c1. The largest absolute Gasteiger partial charge is 0.508 e. The minimum atomic E-state index is -0.880. The molecule has 0 saturated heterocycles. The highest BCUT2D eigenvalue weighted by Crippen LogP contribution is 2.11. The second-order valence-electron chi connectivity index (χ2n) is 6.14. The number of phenols is 1. The molecule has 4 N–H and O–H groups in total. The van der Waals surface area contributed by atoms with Gasteiger partial charge in [0.05, 0.1) is 0 Å². The van der Waals surface area contributed by atoms with Crippen LogP contribution in [0.25, 0.3) is 0 Å². The van der Waals surface area contributed by atoms with Crippen molar-refractivity contribution in [1.82, 2.24) is 10.6 Å². The van der Waals surface area contributed by atoms with Gasteiger partial charge in [0, 0.05) is 19.0 Å². The topological polar surface area (TPSA) is 98.7 Å². The lowest BCUT2D eigenvalue weighted by Gasteiger charge is -2.19. The van der Waals surface area contributed by atoms with Gasteiger partial charge in [-0.05, 0) is 42.5 Å². The number of amides is 2. The molecule has 2 aromatic carbocycles. The number of urea groups is 1. The summed E-state index contributed by atoms with van der Waals surface area (Å²) in [6.07, 6.45) is 1.54. The van der Waals surface area contributed by atoms with Gasteiger partial charge in [-0.2, -0.15) is 0 Å². The molecule has 0 radical (unpaired) electrons. The van der Waals surface area contributed by atoms with Gasteiger partial charge in [0.15, 0.2) is 0 Å². The molecule has 1 atom stereocenters. The maximum Gasteiger partial charge on any atom is 0.315 e. The van der Waals surface area contributed by atoms with Crippen molar-refractivity contribution in [2.45, 2.75) is 31.7 Å². The van der Waals surface area contributed by atoms with Crippen LogP contribution in [0.3, 0.4) is 0 Å². The molecule has 26 heavy (non-hydrogen) atoms. The summed E-state index contributed by atoms with van der Waals surface area (Å²) in [5.74, 6) is -0.683. The molecule has 6 heteroatoms. The standard InChI is InChI=1S/C20H24N2O4/c23-18-8-4-7-16(14-18)11-12-21-20(26)22-17(9-10-19(24)25)13-15-5-2-1-3-6-15/h1-8,14,17,23H,9-13H2,(H,24,25)(H2,21,22,26). The summed E-state index contributed by atoms with van der Waals surface area (Å²) in [5, 5.41) is 24.0. The number of hydrogen-bond acceptors (Lipinski definition) is 3. The highest BCUT2D eigenvalue weighted by Gasteiger charge is 2.14. The highest BCUT2D eigenvalue weighted by molar-refractivity contribution is 5.74. The molecule has 0 saturated carbocycles. The van der Waals surface area contributed by atoms with Crippen molar-refractivity contribution in [3.8, 4) is 5.75 Å². The van der Waals surface area contributed by atoms with Crippen LogP contribution in [-0.4, -0.2) is 34.8 Å². The van der Waals surface area contributed by atoms with Gasteiger partial charge in [0.2, 0.25) is 0 Å². The predicted octanol–water partition coefficient (Wildman–Crippen LogP) is 2.71. The van der Waals surface area contributed by atoms with Gasteiger partial charge < -0.3 is 20.8 Å². The van der Waals surface area contributed by atoms with Gasteiger partial charge in [-0.1, -0.05) is 42.5 Å². The van der Waals surface area contributed by atoms with Gasteiger partial charge in [0.25, 0.3) is 0 Å². The van der Waals surface area contributed by atoms with E-state index in [9.17, 15) is 14.7 Å². The number of carbonyl (C=O) groups excluding carboxylic acids is 1. The molecule has 1 unspecified atom stereocenters. The Bertz CT molecular complexity index is 719. The van der Waals surface area contributed by atoms with Crippen LogP contribution in [0.15, 0.2) is 54.6 Å². The van der Waals surface area contributed by atoms with Crippen LogP contribution in [0.2, 0.25) is 0 Å². The first-order chi connectivity index (χ1) is 12.5. The summed E-state index contributed by atoms with van der Waals surface area (Å²) < 4.78 is 0. The molecule has 0 aliphatic carbocycles. The van der Waals surface area contributed by atoms with E-state index in [4.69, 9.17) is 5.11 Å². The van der Waals surface area contributed by atoms with E-state index in [1.54, 1.807) is 18.2 Å². The molecular weight excluding hydrogens is 332 g/mol. The molecule has 0 aliphatic rings. The first-order valence-corrected chi connectivity index (χ1v) is 8.61. The second kappa shape index (κ2) is 10.1. The van der Waals surface area contributed by atoms with E-state index >= 15 is 0 Å². The number of hydrogen-bond donors (Lipinski definition) is 4. The Labute approximate surface area is 152 Å². The smallest absolute Gasteiger partial charge is 0.315 e. The maximum atomic E-state index is 12.1. The molecule has 138 valence electrons. The Kier molecular flexibility index (Phi) is 7.49.